The van der Waals surface area contributed by atoms with Gasteiger partial charge in [0.2, 0.25) is 5.91 Å². The number of oxazole rings is 1. The van der Waals surface area contributed by atoms with Crippen molar-refractivity contribution in [3.63, 3.8) is 0 Å². The molecule has 2 heterocycles. The molecule has 8 heteroatoms. The van der Waals surface area contributed by atoms with Gasteiger partial charge in [0.25, 0.3) is 6.01 Å². The Morgan fingerprint density at radius 3 is 2.42 bits per heavy atom. The number of carbonyl (C=O) groups excluding carboxylic acids is 1. The summed E-state index contributed by atoms with van der Waals surface area (Å²) in [6, 6.07) is 5.32. The quantitative estimate of drug-likeness (QED) is 0.838. The van der Waals surface area contributed by atoms with Crippen LogP contribution in [0.25, 0.3) is 11.1 Å². The predicted molar refractivity (Wildman–Crippen MR) is 91.8 cm³/mol. The summed E-state index contributed by atoms with van der Waals surface area (Å²) < 4.78 is 5.78. The number of hydrogen-bond acceptors (Lipinski definition) is 5. The maximum absolute atomic E-state index is 11.6. The molecule has 1 fully saturated rings. The van der Waals surface area contributed by atoms with E-state index < -0.39 is 5.97 Å². The van der Waals surface area contributed by atoms with E-state index >= 15 is 0 Å². The standard InChI is InChI=1S/C16H19N3O4.Li.H/c1-9-7-18(11(3)20)8-10(2)19(9)16-17-14-12(15(21)22)5-4-6-13(14)23-16;;/h4-6,9-10H,7-8H2,1-3H3,(H,21,22);;/t9-,10-;;/m0../s1. The summed E-state index contributed by atoms with van der Waals surface area (Å²) in [6.07, 6.45) is 0. The summed E-state index contributed by atoms with van der Waals surface area (Å²) >= 11 is 0. The number of carbonyl (C=O) groups is 2. The third-order valence-electron chi connectivity index (χ3n) is 4.22. The van der Waals surface area contributed by atoms with E-state index in [0.717, 1.165) is 0 Å². The number of aromatic nitrogens is 1. The zero-order valence-corrected chi connectivity index (χ0v) is 13.3. The fourth-order valence-electron chi connectivity index (χ4n) is 3.18. The van der Waals surface area contributed by atoms with E-state index in [9.17, 15) is 14.7 Å². The average molecular weight is 325 g/mol. The molecule has 0 radical (unpaired) electrons. The van der Waals surface area contributed by atoms with Crippen molar-refractivity contribution in [1.29, 1.82) is 0 Å². The number of carboxylic acids is 1. The molecule has 0 unspecified atom stereocenters. The monoisotopic (exact) mass is 325 g/mol. The Kier molecular flexibility index (Phi) is 5.26. The van der Waals surface area contributed by atoms with Crippen molar-refractivity contribution in [3.8, 4) is 0 Å². The molecule has 24 heavy (non-hydrogen) atoms. The fraction of sp³-hybridized carbons (Fsp3) is 0.438. The van der Waals surface area contributed by atoms with Gasteiger partial charge in [0.05, 0.1) is 5.56 Å². The van der Waals surface area contributed by atoms with Crippen LogP contribution in [0.15, 0.2) is 22.6 Å². The van der Waals surface area contributed by atoms with E-state index in [1.54, 1.807) is 24.0 Å². The Balaban J connectivity index is 0.00000208. The molecule has 3 rings (SSSR count). The Labute approximate surface area is 151 Å². The molecule has 1 N–H and O–H groups in total. The first kappa shape index (κ1) is 18.4. The fourth-order valence-corrected chi connectivity index (χ4v) is 3.18. The summed E-state index contributed by atoms with van der Waals surface area (Å²) in [5.74, 6) is -0.980. The summed E-state index contributed by atoms with van der Waals surface area (Å²) in [6.45, 7) is 6.74. The second kappa shape index (κ2) is 6.87. The number of para-hydroxylation sites is 1. The summed E-state index contributed by atoms with van der Waals surface area (Å²) in [4.78, 5) is 31.1. The topological polar surface area (TPSA) is 86.9 Å². The minimum atomic E-state index is -1.03. The number of hydrogen-bond donors (Lipinski definition) is 1. The zero-order chi connectivity index (χ0) is 16.7. The van der Waals surface area contributed by atoms with Crippen molar-refractivity contribution < 1.29 is 19.1 Å². The molecular formula is C16H20LiN3O4. The van der Waals surface area contributed by atoms with Crippen LogP contribution in [0.3, 0.4) is 0 Å². The van der Waals surface area contributed by atoms with Crippen LogP contribution >= 0.6 is 0 Å². The van der Waals surface area contributed by atoms with Gasteiger partial charge in [0.15, 0.2) is 5.58 Å². The molecule has 1 aromatic carbocycles. The second-order valence-electron chi connectivity index (χ2n) is 5.98. The van der Waals surface area contributed by atoms with E-state index in [2.05, 4.69) is 4.98 Å². The third kappa shape index (κ3) is 3.14. The molecule has 1 aliphatic rings. The van der Waals surface area contributed by atoms with E-state index in [-0.39, 0.29) is 42.4 Å². The maximum atomic E-state index is 11.6. The van der Waals surface area contributed by atoms with Crippen LogP contribution in [0.2, 0.25) is 0 Å². The van der Waals surface area contributed by atoms with Crippen LogP contribution in [0.4, 0.5) is 6.01 Å². The van der Waals surface area contributed by atoms with Crippen LogP contribution in [-0.4, -0.2) is 70.9 Å². The molecule has 0 bridgehead atoms. The third-order valence-corrected chi connectivity index (χ3v) is 4.22. The van der Waals surface area contributed by atoms with Crippen LogP contribution in [0, 0.1) is 0 Å². The molecule has 1 aliphatic heterocycles. The molecule has 124 valence electrons. The van der Waals surface area contributed by atoms with Crippen LogP contribution in [0.5, 0.6) is 0 Å². The number of fused-ring (bicyclic) bond motifs is 1. The number of aromatic carboxylic acids is 1. The Morgan fingerprint density at radius 1 is 1.25 bits per heavy atom. The normalized spacial score (nSPS) is 20.8. The SMILES string of the molecule is CC(=O)N1C[C@H](C)N(c2nc3c(C(=O)O)cccc3o2)[C@@H](C)C1.[LiH]. The molecular weight excluding hydrogens is 305 g/mol. The van der Waals surface area contributed by atoms with Crippen molar-refractivity contribution >= 4 is 47.9 Å². The van der Waals surface area contributed by atoms with E-state index in [0.29, 0.717) is 30.2 Å². The van der Waals surface area contributed by atoms with Gasteiger partial charge >= 0.3 is 24.8 Å². The molecule has 1 aromatic heterocycles. The van der Waals surface area contributed by atoms with Crippen LogP contribution in [-0.2, 0) is 4.79 Å². The minimum absolute atomic E-state index is 0. The molecule has 7 nitrogen and oxygen atoms in total. The van der Waals surface area contributed by atoms with Crippen LogP contribution in [0.1, 0.15) is 31.1 Å². The van der Waals surface area contributed by atoms with Gasteiger partial charge in [0, 0.05) is 32.1 Å². The van der Waals surface area contributed by atoms with Gasteiger partial charge in [-0.2, -0.15) is 4.98 Å². The van der Waals surface area contributed by atoms with Gasteiger partial charge in [-0.25, -0.2) is 4.79 Å². The summed E-state index contributed by atoms with van der Waals surface area (Å²) in [7, 11) is 0. The number of piperazine rings is 1. The molecule has 2 aromatic rings. The molecule has 0 saturated carbocycles. The number of nitrogens with zero attached hydrogens (tertiary/aromatic N) is 3. The van der Waals surface area contributed by atoms with Gasteiger partial charge in [-0.1, -0.05) is 6.07 Å². The van der Waals surface area contributed by atoms with E-state index in [1.165, 1.54) is 6.07 Å². The van der Waals surface area contributed by atoms with Gasteiger partial charge in [-0.3, -0.25) is 4.79 Å². The van der Waals surface area contributed by atoms with E-state index in [4.69, 9.17) is 4.42 Å². The predicted octanol–water partition coefficient (Wildman–Crippen LogP) is 1.32. The zero-order valence-electron chi connectivity index (χ0n) is 13.3. The van der Waals surface area contributed by atoms with Crippen molar-refractivity contribution in [1.82, 2.24) is 9.88 Å². The van der Waals surface area contributed by atoms with Gasteiger partial charge in [0.1, 0.15) is 5.52 Å². The van der Waals surface area contributed by atoms with Crippen molar-refractivity contribution in [3.05, 3.63) is 23.8 Å². The van der Waals surface area contributed by atoms with Crippen molar-refractivity contribution in [2.24, 2.45) is 0 Å². The Morgan fingerprint density at radius 2 is 1.88 bits per heavy atom. The molecule has 1 amide bonds. The van der Waals surface area contributed by atoms with Crippen molar-refractivity contribution in [2.75, 3.05) is 18.0 Å². The number of carboxylic acid groups (broad SMARTS) is 1. The second-order valence-corrected chi connectivity index (χ2v) is 5.98. The summed E-state index contributed by atoms with van der Waals surface area (Å²) in [5, 5.41) is 9.26. The Bertz CT molecular complexity index is 764. The van der Waals surface area contributed by atoms with Crippen LogP contribution < -0.4 is 4.90 Å². The van der Waals surface area contributed by atoms with E-state index in [1.807, 2.05) is 18.7 Å². The van der Waals surface area contributed by atoms with Crippen molar-refractivity contribution in [2.45, 2.75) is 32.9 Å². The number of rotatable bonds is 2. The number of anilines is 1. The molecule has 0 aliphatic carbocycles. The number of amides is 1. The first-order valence-electron chi connectivity index (χ1n) is 7.55. The van der Waals surface area contributed by atoms with Gasteiger partial charge in [-0.15, -0.1) is 0 Å². The average Bonchev–Trinajstić information content (AvgIpc) is 2.89. The van der Waals surface area contributed by atoms with Gasteiger partial charge < -0.3 is 19.3 Å². The first-order chi connectivity index (χ1) is 10.9. The molecule has 2 atom stereocenters. The number of benzene rings is 1. The summed E-state index contributed by atoms with van der Waals surface area (Å²) in [5.41, 5.74) is 0.928. The molecule has 0 spiro atoms. The first-order valence-corrected chi connectivity index (χ1v) is 7.55. The van der Waals surface area contributed by atoms with Gasteiger partial charge in [-0.05, 0) is 26.0 Å². The molecule has 1 saturated heterocycles. The Hall–Kier alpha value is -1.97.